The Bertz CT molecular complexity index is 501. The SMILES string of the molecule is O=C(CC(=O)N[C@H]1CCOC1=O)CC1C2CC3CC(C2)CC1C3. The van der Waals surface area contributed by atoms with Gasteiger partial charge in [-0.25, -0.2) is 4.79 Å². The van der Waals surface area contributed by atoms with Gasteiger partial charge in [-0.2, -0.15) is 0 Å². The van der Waals surface area contributed by atoms with Crippen LogP contribution in [-0.2, 0) is 19.1 Å². The van der Waals surface area contributed by atoms with Crippen LogP contribution in [0.15, 0.2) is 0 Å². The van der Waals surface area contributed by atoms with E-state index in [9.17, 15) is 14.4 Å². The summed E-state index contributed by atoms with van der Waals surface area (Å²) in [6, 6.07) is -0.559. The molecule has 1 amide bonds. The fraction of sp³-hybridized carbons (Fsp3) is 0.833. The van der Waals surface area contributed by atoms with Crippen LogP contribution in [0, 0.1) is 29.6 Å². The summed E-state index contributed by atoms with van der Waals surface area (Å²) in [4.78, 5) is 35.6. The van der Waals surface area contributed by atoms with E-state index >= 15 is 0 Å². The third-order valence-corrected chi connectivity index (χ3v) is 6.51. The highest BCUT2D eigenvalue weighted by Crippen LogP contribution is 2.57. The van der Waals surface area contributed by atoms with Gasteiger partial charge in [-0.3, -0.25) is 9.59 Å². The van der Waals surface area contributed by atoms with Crippen molar-refractivity contribution in [3.05, 3.63) is 0 Å². The van der Waals surface area contributed by atoms with Gasteiger partial charge in [0, 0.05) is 12.8 Å². The number of amides is 1. The van der Waals surface area contributed by atoms with Crippen molar-refractivity contribution in [3.8, 4) is 0 Å². The van der Waals surface area contributed by atoms with E-state index < -0.39 is 6.04 Å². The molecule has 0 spiro atoms. The number of Topliss-reactive ketones (excluding diaryl/α,β-unsaturated/α-hetero) is 1. The van der Waals surface area contributed by atoms with Crippen LogP contribution in [0.25, 0.3) is 0 Å². The Morgan fingerprint density at radius 1 is 1.04 bits per heavy atom. The van der Waals surface area contributed by atoms with Gasteiger partial charge in [-0.05, 0) is 61.7 Å². The first-order chi connectivity index (χ1) is 11.1. The molecule has 0 aromatic rings. The second kappa shape index (κ2) is 5.91. The molecule has 1 aliphatic heterocycles. The molecular weight excluding hydrogens is 294 g/mol. The number of cyclic esters (lactones) is 1. The van der Waals surface area contributed by atoms with Crippen LogP contribution in [0.3, 0.4) is 0 Å². The molecule has 1 atom stereocenters. The number of nitrogens with one attached hydrogen (secondary N) is 1. The largest absolute Gasteiger partial charge is 0.464 e. The second-order valence-electron chi connectivity index (χ2n) is 8.09. The first-order valence-electron chi connectivity index (χ1n) is 9.06. The molecule has 4 bridgehead atoms. The van der Waals surface area contributed by atoms with Crippen molar-refractivity contribution < 1.29 is 19.1 Å². The minimum Gasteiger partial charge on any atom is -0.464 e. The quantitative estimate of drug-likeness (QED) is 0.620. The molecule has 4 aliphatic carbocycles. The lowest BCUT2D eigenvalue weighted by Crippen LogP contribution is -2.46. The molecule has 0 aromatic carbocycles. The van der Waals surface area contributed by atoms with E-state index in [0.29, 0.717) is 37.2 Å². The van der Waals surface area contributed by atoms with Crippen LogP contribution >= 0.6 is 0 Å². The molecule has 126 valence electrons. The van der Waals surface area contributed by atoms with Gasteiger partial charge < -0.3 is 10.1 Å². The molecule has 5 heteroatoms. The maximum Gasteiger partial charge on any atom is 0.328 e. The molecule has 0 radical (unpaired) electrons. The topological polar surface area (TPSA) is 72.5 Å². The average molecular weight is 319 g/mol. The van der Waals surface area contributed by atoms with Crippen LogP contribution in [0.5, 0.6) is 0 Å². The zero-order chi connectivity index (χ0) is 16.0. The molecule has 4 saturated carbocycles. The number of hydrogen-bond donors (Lipinski definition) is 1. The van der Waals surface area contributed by atoms with Gasteiger partial charge in [-0.1, -0.05) is 0 Å². The predicted octanol–water partition coefficient (Wildman–Crippen LogP) is 1.84. The Morgan fingerprint density at radius 3 is 2.26 bits per heavy atom. The number of carbonyl (C=O) groups excluding carboxylic acids is 3. The maximum absolute atomic E-state index is 12.3. The zero-order valence-corrected chi connectivity index (χ0v) is 13.5. The Morgan fingerprint density at radius 2 is 1.70 bits per heavy atom. The van der Waals surface area contributed by atoms with Crippen LogP contribution in [0.1, 0.15) is 51.4 Å². The van der Waals surface area contributed by atoms with Crippen molar-refractivity contribution in [3.63, 3.8) is 0 Å². The summed E-state index contributed by atoms with van der Waals surface area (Å²) in [6.07, 6.45) is 7.57. The van der Waals surface area contributed by atoms with Gasteiger partial charge in [0.05, 0.1) is 13.0 Å². The zero-order valence-electron chi connectivity index (χ0n) is 13.5. The molecule has 0 unspecified atom stereocenters. The number of ether oxygens (including phenoxy) is 1. The summed E-state index contributed by atoms with van der Waals surface area (Å²) in [7, 11) is 0. The summed E-state index contributed by atoms with van der Waals surface area (Å²) in [5.74, 6) is 3.05. The number of rotatable bonds is 5. The fourth-order valence-electron chi connectivity index (χ4n) is 5.76. The minimum absolute atomic E-state index is 0.0336. The van der Waals surface area contributed by atoms with E-state index in [0.717, 1.165) is 11.8 Å². The second-order valence-corrected chi connectivity index (χ2v) is 8.09. The van der Waals surface area contributed by atoms with Crippen molar-refractivity contribution in [2.45, 2.75) is 57.4 Å². The molecule has 5 rings (SSSR count). The molecule has 0 aromatic heterocycles. The van der Waals surface area contributed by atoms with E-state index in [1.54, 1.807) is 0 Å². The molecule has 1 N–H and O–H groups in total. The monoisotopic (exact) mass is 319 g/mol. The number of esters is 1. The number of carbonyl (C=O) groups is 3. The van der Waals surface area contributed by atoms with Crippen molar-refractivity contribution >= 4 is 17.7 Å². The van der Waals surface area contributed by atoms with E-state index in [2.05, 4.69) is 5.32 Å². The van der Waals surface area contributed by atoms with Crippen LogP contribution in [0.2, 0.25) is 0 Å². The normalized spacial score (nSPS) is 41.0. The van der Waals surface area contributed by atoms with Crippen molar-refractivity contribution in [2.24, 2.45) is 29.6 Å². The van der Waals surface area contributed by atoms with Gasteiger partial charge in [0.25, 0.3) is 0 Å². The summed E-state index contributed by atoms with van der Waals surface area (Å²) in [5.41, 5.74) is 0. The van der Waals surface area contributed by atoms with Gasteiger partial charge in [0.15, 0.2) is 0 Å². The number of ketones is 1. The van der Waals surface area contributed by atoms with Crippen LogP contribution in [-0.4, -0.2) is 30.3 Å². The summed E-state index contributed by atoms with van der Waals surface area (Å²) in [6.45, 7) is 0.353. The Kier molecular flexibility index (Phi) is 3.90. The Hall–Kier alpha value is -1.39. The first-order valence-corrected chi connectivity index (χ1v) is 9.06. The lowest BCUT2D eigenvalue weighted by atomic mass is 9.51. The van der Waals surface area contributed by atoms with Gasteiger partial charge in [0.2, 0.25) is 5.91 Å². The molecular formula is C18H25NO4. The fourth-order valence-corrected chi connectivity index (χ4v) is 5.76. The van der Waals surface area contributed by atoms with E-state index in [4.69, 9.17) is 4.74 Å². The molecule has 23 heavy (non-hydrogen) atoms. The molecule has 5 aliphatic rings. The van der Waals surface area contributed by atoms with Crippen molar-refractivity contribution in [2.75, 3.05) is 6.61 Å². The molecule has 1 heterocycles. The van der Waals surface area contributed by atoms with Crippen LogP contribution < -0.4 is 5.32 Å². The van der Waals surface area contributed by atoms with Crippen LogP contribution in [0.4, 0.5) is 0 Å². The maximum atomic E-state index is 12.3. The van der Waals surface area contributed by atoms with Crippen molar-refractivity contribution in [1.82, 2.24) is 5.32 Å². The smallest absolute Gasteiger partial charge is 0.328 e. The van der Waals surface area contributed by atoms with Gasteiger partial charge in [0.1, 0.15) is 11.8 Å². The highest BCUT2D eigenvalue weighted by molar-refractivity contribution is 5.99. The van der Waals surface area contributed by atoms with Gasteiger partial charge >= 0.3 is 5.97 Å². The first kappa shape index (κ1) is 15.2. The van der Waals surface area contributed by atoms with E-state index in [1.807, 2.05) is 0 Å². The standard InChI is InChI=1S/C18H25NO4/c20-14(9-17(21)19-16-1-2-23-18(16)22)8-15-12-4-10-3-11(6-12)7-13(15)5-10/h10-13,15-16H,1-9H2,(H,19,21)/t10?,11?,12?,13?,15?,16-/m0/s1. The van der Waals surface area contributed by atoms with E-state index in [1.165, 1.54) is 32.1 Å². The lowest BCUT2D eigenvalue weighted by Gasteiger charge is -2.54. The third-order valence-electron chi connectivity index (χ3n) is 6.51. The molecule has 1 saturated heterocycles. The van der Waals surface area contributed by atoms with Crippen molar-refractivity contribution in [1.29, 1.82) is 0 Å². The Balaban J connectivity index is 1.28. The highest BCUT2D eigenvalue weighted by atomic mass is 16.5. The summed E-state index contributed by atoms with van der Waals surface area (Å²) >= 11 is 0. The van der Waals surface area contributed by atoms with E-state index in [-0.39, 0.29) is 24.1 Å². The minimum atomic E-state index is -0.559. The lowest BCUT2D eigenvalue weighted by molar-refractivity contribution is -0.142. The third kappa shape index (κ3) is 3.02. The summed E-state index contributed by atoms with van der Waals surface area (Å²) in [5, 5.41) is 2.63. The van der Waals surface area contributed by atoms with Gasteiger partial charge in [-0.15, -0.1) is 0 Å². The Labute approximate surface area is 136 Å². The predicted molar refractivity (Wildman–Crippen MR) is 82.3 cm³/mol. The number of hydrogen-bond acceptors (Lipinski definition) is 4. The highest BCUT2D eigenvalue weighted by Gasteiger charge is 2.48. The molecule has 5 fully saturated rings. The average Bonchev–Trinajstić information content (AvgIpc) is 2.87. The molecule has 5 nitrogen and oxygen atoms in total. The summed E-state index contributed by atoms with van der Waals surface area (Å²) < 4.78 is 4.82.